The Balaban J connectivity index is 2.00. The zero-order valence-electron chi connectivity index (χ0n) is 10.3. The summed E-state index contributed by atoms with van der Waals surface area (Å²) in [6.45, 7) is 4.37. The maximum absolute atomic E-state index is 5.94. The van der Waals surface area contributed by atoms with Crippen molar-refractivity contribution in [3.8, 4) is 0 Å². The minimum atomic E-state index is 0.523. The van der Waals surface area contributed by atoms with Crippen molar-refractivity contribution >= 4 is 11.6 Å². The molecule has 0 atom stereocenters. The summed E-state index contributed by atoms with van der Waals surface area (Å²) in [4.78, 5) is 11.0. The van der Waals surface area contributed by atoms with Crippen LogP contribution < -0.4 is 0 Å². The second-order valence-corrected chi connectivity index (χ2v) is 4.83. The molecule has 1 saturated carbocycles. The van der Waals surface area contributed by atoms with Gasteiger partial charge in [-0.25, -0.2) is 9.97 Å². The number of nitrogens with zero attached hydrogens (tertiary/aromatic N) is 3. The van der Waals surface area contributed by atoms with E-state index in [1.165, 1.54) is 12.8 Å². The molecule has 0 spiro atoms. The molecule has 2 rings (SSSR count). The summed E-state index contributed by atoms with van der Waals surface area (Å²) in [5.74, 6) is 0.804. The van der Waals surface area contributed by atoms with Gasteiger partial charge in [-0.15, -0.1) is 0 Å². The van der Waals surface area contributed by atoms with Gasteiger partial charge in [-0.1, -0.05) is 11.6 Å². The van der Waals surface area contributed by atoms with Gasteiger partial charge in [0.2, 0.25) is 0 Å². The highest BCUT2D eigenvalue weighted by Crippen LogP contribution is 2.27. The molecule has 0 saturated heterocycles. The van der Waals surface area contributed by atoms with Gasteiger partial charge in [0.05, 0.1) is 13.2 Å². The molecule has 0 amide bonds. The molecule has 0 unspecified atom stereocenters. The molecule has 1 aromatic heterocycles. The molecular formula is C12H18ClN3O. The Hall–Kier alpha value is -0.710. The first-order chi connectivity index (χ1) is 8.19. The van der Waals surface area contributed by atoms with E-state index in [1.54, 1.807) is 13.2 Å². The van der Waals surface area contributed by atoms with Gasteiger partial charge in [-0.3, -0.25) is 4.90 Å². The minimum Gasteiger partial charge on any atom is -0.383 e. The van der Waals surface area contributed by atoms with Crippen LogP contribution in [0, 0.1) is 6.92 Å². The summed E-state index contributed by atoms with van der Waals surface area (Å²) in [6, 6.07) is 2.45. The molecule has 4 nitrogen and oxygen atoms in total. The van der Waals surface area contributed by atoms with Gasteiger partial charge < -0.3 is 4.74 Å². The number of hydrogen-bond acceptors (Lipinski definition) is 4. The molecule has 0 radical (unpaired) electrons. The quantitative estimate of drug-likeness (QED) is 0.730. The van der Waals surface area contributed by atoms with Crippen LogP contribution in [-0.2, 0) is 11.3 Å². The fraction of sp³-hybridized carbons (Fsp3) is 0.667. The maximum Gasteiger partial charge on any atom is 0.144 e. The van der Waals surface area contributed by atoms with Crippen LogP contribution in [0.3, 0.4) is 0 Å². The van der Waals surface area contributed by atoms with Gasteiger partial charge in [0.15, 0.2) is 0 Å². The average molecular weight is 256 g/mol. The molecule has 0 aliphatic heterocycles. The number of methoxy groups -OCH3 is 1. The number of rotatable bonds is 6. The minimum absolute atomic E-state index is 0.523. The molecule has 1 aliphatic rings. The lowest BCUT2D eigenvalue weighted by Crippen LogP contribution is -2.30. The Labute approximate surface area is 107 Å². The second kappa shape index (κ2) is 5.76. The Morgan fingerprint density at radius 1 is 1.47 bits per heavy atom. The van der Waals surface area contributed by atoms with E-state index < -0.39 is 0 Å². The van der Waals surface area contributed by atoms with Crippen LogP contribution in [-0.4, -0.2) is 41.2 Å². The van der Waals surface area contributed by atoms with Crippen molar-refractivity contribution in [3.05, 3.63) is 22.7 Å². The second-order valence-electron chi connectivity index (χ2n) is 4.44. The largest absolute Gasteiger partial charge is 0.383 e. The average Bonchev–Trinajstić information content (AvgIpc) is 3.06. The molecule has 1 heterocycles. The molecule has 0 aromatic carbocycles. The van der Waals surface area contributed by atoms with Crippen LogP contribution in [0.15, 0.2) is 6.07 Å². The van der Waals surface area contributed by atoms with E-state index in [2.05, 4.69) is 14.9 Å². The SMILES string of the molecule is COCCN(Cc1nc(C)cc(Cl)n1)C1CC1. The lowest BCUT2D eigenvalue weighted by Gasteiger charge is -2.20. The van der Waals surface area contributed by atoms with Crippen molar-refractivity contribution in [1.82, 2.24) is 14.9 Å². The summed E-state index contributed by atoms with van der Waals surface area (Å²) >= 11 is 5.94. The third-order valence-electron chi connectivity index (χ3n) is 2.86. The van der Waals surface area contributed by atoms with Crippen LogP contribution >= 0.6 is 11.6 Å². The third kappa shape index (κ3) is 3.91. The monoisotopic (exact) mass is 255 g/mol. The number of halogens is 1. The van der Waals surface area contributed by atoms with Crippen LogP contribution in [0.5, 0.6) is 0 Å². The Morgan fingerprint density at radius 3 is 2.82 bits per heavy atom. The summed E-state index contributed by atoms with van der Waals surface area (Å²) in [7, 11) is 1.73. The smallest absolute Gasteiger partial charge is 0.144 e. The number of aromatic nitrogens is 2. The molecular weight excluding hydrogens is 238 g/mol. The lowest BCUT2D eigenvalue weighted by atomic mass is 10.4. The topological polar surface area (TPSA) is 38.2 Å². The zero-order valence-corrected chi connectivity index (χ0v) is 11.1. The summed E-state index contributed by atoms with van der Waals surface area (Å²) < 4.78 is 5.13. The van der Waals surface area contributed by atoms with Crippen molar-refractivity contribution < 1.29 is 4.74 Å². The van der Waals surface area contributed by atoms with E-state index in [0.717, 1.165) is 31.2 Å². The van der Waals surface area contributed by atoms with Gasteiger partial charge >= 0.3 is 0 Å². The van der Waals surface area contributed by atoms with E-state index in [0.29, 0.717) is 11.2 Å². The van der Waals surface area contributed by atoms with Gasteiger partial charge in [0.25, 0.3) is 0 Å². The highest BCUT2D eigenvalue weighted by Gasteiger charge is 2.29. The van der Waals surface area contributed by atoms with Crippen molar-refractivity contribution in [3.63, 3.8) is 0 Å². The van der Waals surface area contributed by atoms with Crippen LogP contribution in [0.4, 0.5) is 0 Å². The molecule has 1 aromatic rings. The fourth-order valence-corrected chi connectivity index (χ4v) is 2.14. The number of ether oxygens (including phenoxy) is 1. The first-order valence-corrected chi connectivity index (χ1v) is 6.30. The molecule has 94 valence electrons. The maximum atomic E-state index is 5.94. The van der Waals surface area contributed by atoms with E-state index in [9.17, 15) is 0 Å². The standard InChI is InChI=1S/C12H18ClN3O/c1-9-7-11(13)15-12(14-9)8-16(5-6-17-2)10-3-4-10/h7,10H,3-6,8H2,1-2H3. The Bertz CT molecular complexity index is 362. The highest BCUT2D eigenvalue weighted by atomic mass is 35.5. The summed E-state index contributed by atoms with van der Waals surface area (Å²) in [5.41, 5.74) is 0.919. The predicted molar refractivity (Wildman–Crippen MR) is 67.1 cm³/mol. The number of aryl methyl sites for hydroxylation is 1. The molecule has 1 aliphatic carbocycles. The van der Waals surface area contributed by atoms with Gasteiger partial charge in [-0.05, 0) is 25.8 Å². The molecule has 0 bridgehead atoms. The van der Waals surface area contributed by atoms with Crippen LogP contribution in [0.2, 0.25) is 5.15 Å². The van der Waals surface area contributed by atoms with E-state index in [1.807, 2.05) is 6.92 Å². The van der Waals surface area contributed by atoms with Crippen LogP contribution in [0.1, 0.15) is 24.4 Å². The molecule has 1 fully saturated rings. The lowest BCUT2D eigenvalue weighted by molar-refractivity contribution is 0.138. The summed E-state index contributed by atoms with van der Waals surface area (Å²) in [6.07, 6.45) is 2.53. The van der Waals surface area contributed by atoms with Gasteiger partial charge in [0, 0.05) is 25.4 Å². The molecule has 0 N–H and O–H groups in total. The van der Waals surface area contributed by atoms with Crippen molar-refractivity contribution in [2.45, 2.75) is 32.4 Å². The molecule has 17 heavy (non-hydrogen) atoms. The first kappa shape index (κ1) is 12.7. The van der Waals surface area contributed by atoms with Gasteiger partial charge in [-0.2, -0.15) is 0 Å². The number of hydrogen-bond donors (Lipinski definition) is 0. The predicted octanol–water partition coefficient (Wildman–Crippen LogP) is 2.05. The van der Waals surface area contributed by atoms with Crippen molar-refractivity contribution in [2.75, 3.05) is 20.3 Å². The third-order valence-corrected chi connectivity index (χ3v) is 3.05. The molecule has 5 heteroatoms. The summed E-state index contributed by atoms with van der Waals surface area (Å²) in [5, 5.41) is 0.523. The first-order valence-electron chi connectivity index (χ1n) is 5.92. The van der Waals surface area contributed by atoms with Crippen molar-refractivity contribution in [2.24, 2.45) is 0 Å². The van der Waals surface area contributed by atoms with E-state index in [4.69, 9.17) is 16.3 Å². The van der Waals surface area contributed by atoms with Crippen LogP contribution in [0.25, 0.3) is 0 Å². The van der Waals surface area contributed by atoms with E-state index in [-0.39, 0.29) is 0 Å². The Morgan fingerprint density at radius 2 is 2.24 bits per heavy atom. The normalized spacial score (nSPS) is 15.5. The Kier molecular flexibility index (Phi) is 4.31. The highest BCUT2D eigenvalue weighted by molar-refractivity contribution is 6.29. The van der Waals surface area contributed by atoms with Crippen molar-refractivity contribution in [1.29, 1.82) is 0 Å². The van der Waals surface area contributed by atoms with E-state index >= 15 is 0 Å². The van der Waals surface area contributed by atoms with Gasteiger partial charge in [0.1, 0.15) is 11.0 Å². The fourth-order valence-electron chi connectivity index (χ4n) is 1.88. The zero-order chi connectivity index (χ0) is 12.3.